The molecule has 1 heteroatoms. The summed E-state index contributed by atoms with van der Waals surface area (Å²) >= 11 is 0. The van der Waals surface area contributed by atoms with Gasteiger partial charge in [-0.15, -0.1) is 0 Å². The first-order chi connectivity index (χ1) is 8.56. The van der Waals surface area contributed by atoms with Crippen LogP contribution >= 0.6 is 0 Å². The van der Waals surface area contributed by atoms with Crippen LogP contribution in [0.15, 0.2) is 0 Å². The predicted molar refractivity (Wildman–Crippen MR) is 79.8 cm³/mol. The molecule has 0 aliphatic heterocycles. The Morgan fingerprint density at radius 1 is 1.00 bits per heavy atom. The quantitative estimate of drug-likeness (QED) is 0.588. The van der Waals surface area contributed by atoms with Gasteiger partial charge in [0.1, 0.15) is 0 Å². The first-order valence-electron chi connectivity index (χ1n) is 8.09. The maximum absolute atomic E-state index is 5.51. The maximum atomic E-state index is 5.51. The van der Waals surface area contributed by atoms with E-state index < -0.39 is 0 Å². The Bertz CT molecular complexity index is 208. The third-order valence-electron chi connectivity index (χ3n) is 5.39. The molecule has 1 fully saturated rings. The van der Waals surface area contributed by atoms with Crippen molar-refractivity contribution in [1.29, 1.82) is 0 Å². The van der Waals surface area contributed by atoms with Crippen LogP contribution in [-0.2, 0) is 4.74 Å². The third kappa shape index (κ3) is 3.98. The van der Waals surface area contributed by atoms with Gasteiger partial charge in [0.05, 0.1) is 6.10 Å². The van der Waals surface area contributed by atoms with Crippen molar-refractivity contribution < 1.29 is 4.74 Å². The Labute approximate surface area is 115 Å². The number of hydrogen-bond donors (Lipinski definition) is 0. The average Bonchev–Trinajstić information content (AvgIpc) is 2.38. The molecular formula is C17H34O. The Hall–Kier alpha value is -0.0400. The van der Waals surface area contributed by atoms with Crippen molar-refractivity contribution in [3.8, 4) is 0 Å². The molecule has 0 spiro atoms. The molecule has 1 rings (SSSR count). The van der Waals surface area contributed by atoms with Gasteiger partial charge in [0.25, 0.3) is 0 Å². The summed E-state index contributed by atoms with van der Waals surface area (Å²) in [7, 11) is 1.87. The first kappa shape index (κ1) is 16.0. The molecular weight excluding hydrogens is 220 g/mol. The fourth-order valence-electron chi connectivity index (χ4n) is 3.96. The van der Waals surface area contributed by atoms with Gasteiger partial charge in [-0.1, -0.05) is 53.4 Å². The van der Waals surface area contributed by atoms with Crippen molar-refractivity contribution in [3.05, 3.63) is 0 Å². The Kier molecular flexibility index (Phi) is 6.70. The molecule has 108 valence electrons. The van der Waals surface area contributed by atoms with E-state index >= 15 is 0 Å². The van der Waals surface area contributed by atoms with E-state index in [2.05, 4.69) is 27.7 Å². The molecule has 1 aliphatic carbocycles. The number of hydrogen-bond acceptors (Lipinski definition) is 1. The topological polar surface area (TPSA) is 9.23 Å². The van der Waals surface area contributed by atoms with E-state index in [1.54, 1.807) is 0 Å². The second kappa shape index (κ2) is 7.53. The zero-order chi connectivity index (χ0) is 13.6. The van der Waals surface area contributed by atoms with Gasteiger partial charge in [-0.2, -0.15) is 0 Å². The molecule has 0 heterocycles. The van der Waals surface area contributed by atoms with Crippen LogP contribution in [0.25, 0.3) is 0 Å². The molecule has 0 aromatic rings. The van der Waals surface area contributed by atoms with Crippen molar-refractivity contribution >= 4 is 0 Å². The third-order valence-corrected chi connectivity index (χ3v) is 5.39. The summed E-state index contributed by atoms with van der Waals surface area (Å²) in [4.78, 5) is 0. The Morgan fingerprint density at radius 2 is 1.50 bits per heavy atom. The van der Waals surface area contributed by atoms with Gasteiger partial charge in [0, 0.05) is 7.11 Å². The lowest BCUT2D eigenvalue weighted by atomic mass is 9.62. The van der Waals surface area contributed by atoms with Crippen LogP contribution < -0.4 is 0 Å². The minimum atomic E-state index is 0.519. The van der Waals surface area contributed by atoms with Crippen LogP contribution in [0.3, 0.4) is 0 Å². The summed E-state index contributed by atoms with van der Waals surface area (Å²) in [6.45, 7) is 9.72. The van der Waals surface area contributed by atoms with E-state index in [0.717, 1.165) is 11.8 Å². The van der Waals surface area contributed by atoms with Crippen LogP contribution in [0, 0.1) is 17.3 Å². The standard InChI is InChI=1S/C17H34O/c1-6-8-14(9-7-2)17(3,4)15-10-12-16(18-5)13-11-15/h14-16H,6-13H2,1-5H3. The van der Waals surface area contributed by atoms with Gasteiger partial charge in [-0.05, 0) is 42.9 Å². The lowest BCUT2D eigenvalue weighted by molar-refractivity contribution is 0.00795. The van der Waals surface area contributed by atoms with E-state index in [1.807, 2.05) is 7.11 Å². The zero-order valence-electron chi connectivity index (χ0n) is 13.3. The van der Waals surface area contributed by atoms with Crippen LogP contribution in [-0.4, -0.2) is 13.2 Å². The van der Waals surface area contributed by atoms with E-state index in [0.29, 0.717) is 11.5 Å². The summed E-state index contributed by atoms with van der Waals surface area (Å²) in [6.07, 6.45) is 11.3. The van der Waals surface area contributed by atoms with Crippen molar-refractivity contribution in [2.75, 3.05) is 7.11 Å². The van der Waals surface area contributed by atoms with Gasteiger partial charge >= 0.3 is 0 Å². The number of ether oxygens (including phenoxy) is 1. The van der Waals surface area contributed by atoms with E-state index in [4.69, 9.17) is 4.74 Å². The molecule has 1 saturated carbocycles. The normalized spacial score (nSPS) is 25.7. The summed E-state index contributed by atoms with van der Waals surface area (Å²) in [5, 5.41) is 0. The lowest BCUT2D eigenvalue weighted by Crippen LogP contribution is -2.36. The van der Waals surface area contributed by atoms with Crippen molar-refractivity contribution in [2.45, 2.75) is 85.2 Å². The molecule has 0 N–H and O–H groups in total. The second-order valence-corrected chi connectivity index (χ2v) is 6.80. The minimum Gasteiger partial charge on any atom is -0.381 e. The molecule has 18 heavy (non-hydrogen) atoms. The van der Waals surface area contributed by atoms with Crippen molar-refractivity contribution in [3.63, 3.8) is 0 Å². The monoisotopic (exact) mass is 254 g/mol. The summed E-state index contributed by atoms with van der Waals surface area (Å²) in [5.41, 5.74) is 0.519. The van der Waals surface area contributed by atoms with Crippen LogP contribution in [0.1, 0.15) is 79.1 Å². The molecule has 0 bridgehead atoms. The van der Waals surface area contributed by atoms with Crippen LogP contribution in [0.2, 0.25) is 0 Å². The fourth-order valence-corrected chi connectivity index (χ4v) is 3.96. The van der Waals surface area contributed by atoms with Gasteiger partial charge in [0.2, 0.25) is 0 Å². The molecule has 0 saturated heterocycles. The van der Waals surface area contributed by atoms with Crippen LogP contribution in [0.4, 0.5) is 0 Å². The van der Waals surface area contributed by atoms with Gasteiger partial charge in [-0.3, -0.25) is 0 Å². The summed E-state index contributed by atoms with van der Waals surface area (Å²) in [6, 6.07) is 0. The van der Waals surface area contributed by atoms with Crippen LogP contribution in [0.5, 0.6) is 0 Å². The highest BCUT2D eigenvalue weighted by molar-refractivity contribution is 4.88. The summed E-state index contributed by atoms with van der Waals surface area (Å²) in [5.74, 6) is 1.82. The minimum absolute atomic E-state index is 0.519. The molecule has 0 aromatic heterocycles. The van der Waals surface area contributed by atoms with Gasteiger partial charge in [-0.25, -0.2) is 0 Å². The van der Waals surface area contributed by atoms with Gasteiger partial charge < -0.3 is 4.74 Å². The van der Waals surface area contributed by atoms with Crippen molar-refractivity contribution in [2.24, 2.45) is 17.3 Å². The lowest BCUT2D eigenvalue weighted by Gasteiger charge is -2.44. The van der Waals surface area contributed by atoms with Gasteiger partial charge in [0.15, 0.2) is 0 Å². The average molecular weight is 254 g/mol. The van der Waals surface area contributed by atoms with E-state index in [9.17, 15) is 0 Å². The first-order valence-corrected chi connectivity index (χ1v) is 8.09. The largest absolute Gasteiger partial charge is 0.381 e. The fraction of sp³-hybridized carbons (Fsp3) is 1.00. The molecule has 1 nitrogen and oxygen atoms in total. The molecule has 1 aliphatic rings. The predicted octanol–water partition coefficient (Wildman–Crippen LogP) is 5.43. The van der Waals surface area contributed by atoms with Crippen molar-refractivity contribution in [1.82, 2.24) is 0 Å². The Morgan fingerprint density at radius 3 is 1.89 bits per heavy atom. The zero-order valence-corrected chi connectivity index (χ0v) is 13.3. The molecule has 0 radical (unpaired) electrons. The maximum Gasteiger partial charge on any atom is 0.0571 e. The highest BCUT2D eigenvalue weighted by Gasteiger charge is 2.38. The molecule has 0 unspecified atom stereocenters. The molecule has 0 aromatic carbocycles. The SMILES string of the molecule is CCCC(CCC)C(C)(C)C1CCC(OC)CC1. The number of rotatable bonds is 7. The van der Waals surface area contributed by atoms with E-state index in [1.165, 1.54) is 51.4 Å². The number of methoxy groups -OCH3 is 1. The molecule has 0 amide bonds. The summed E-state index contributed by atoms with van der Waals surface area (Å²) < 4.78 is 5.51. The Balaban J connectivity index is 2.60. The smallest absolute Gasteiger partial charge is 0.0571 e. The highest BCUT2D eigenvalue weighted by Crippen LogP contribution is 2.46. The van der Waals surface area contributed by atoms with E-state index in [-0.39, 0.29) is 0 Å². The second-order valence-electron chi connectivity index (χ2n) is 6.80. The highest BCUT2D eigenvalue weighted by atomic mass is 16.5. The molecule has 0 atom stereocenters.